The summed E-state index contributed by atoms with van der Waals surface area (Å²) in [6.07, 6.45) is 0.950. The van der Waals surface area contributed by atoms with Crippen molar-refractivity contribution in [2.45, 2.75) is 12.5 Å². The van der Waals surface area contributed by atoms with Gasteiger partial charge in [-0.25, -0.2) is 4.79 Å². The smallest absolute Gasteiger partial charge is 0.317 e. The summed E-state index contributed by atoms with van der Waals surface area (Å²) in [5.74, 6) is -0.958. The van der Waals surface area contributed by atoms with Crippen LogP contribution in [0.5, 0.6) is 0 Å². The lowest BCUT2D eigenvalue weighted by atomic mass is 10.2. The quantitative estimate of drug-likeness (QED) is 0.617. The van der Waals surface area contributed by atoms with E-state index in [1.54, 1.807) is 13.1 Å². The third kappa shape index (κ3) is 6.02. The van der Waals surface area contributed by atoms with Gasteiger partial charge in [0.25, 0.3) is 0 Å². The standard InChI is InChI=1S/C10H18N2O4/c1-4-5-12(2)10(15)11-7-8(16-3)6-9(13)14/h4,8H,1,5-7H2,2-3H3,(H,11,15)(H,13,14). The van der Waals surface area contributed by atoms with Crippen LogP contribution in [-0.4, -0.2) is 55.4 Å². The monoisotopic (exact) mass is 230 g/mol. The zero-order valence-electron chi connectivity index (χ0n) is 9.60. The molecule has 0 aromatic carbocycles. The number of nitrogens with zero attached hydrogens (tertiary/aromatic N) is 1. The number of carbonyl (C=O) groups excluding carboxylic acids is 1. The average molecular weight is 230 g/mol. The van der Waals surface area contributed by atoms with Gasteiger partial charge in [-0.3, -0.25) is 4.79 Å². The van der Waals surface area contributed by atoms with Gasteiger partial charge in [0.1, 0.15) is 0 Å². The topological polar surface area (TPSA) is 78.9 Å². The van der Waals surface area contributed by atoms with E-state index >= 15 is 0 Å². The van der Waals surface area contributed by atoms with Gasteiger partial charge in [-0.05, 0) is 0 Å². The third-order valence-electron chi connectivity index (χ3n) is 1.97. The molecule has 1 unspecified atom stereocenters. The fourth-order valence-electron chi connectivity index (χ4n) is 1.05. The van der Waals surface area contributed by atoms with Gasteiger partial charge in [0.05, 0.1) is 12.5 Å². The first-order valence-electron chi connectivity index (χ1n) is 4.85. The van der Waals surface area contributed by atoms with Crippen LogP contribution in [0.1, 0.15) is 6.42 Å². The molecular formula is C10H18N2O4. The number of methoxy groups -OCH3 is 1. The molecular weight excluding hydrogens is 212 g/mol. The van der Waals surface area contributed by atoms with Gasteiger partial charge in [0.2, 0.25) is 0 Å². The van der Waals surface area contributed by atoms with Crippen LogP contribution in [0, 0.1) is 0 Å². The predicted octanol–water partition coefficient (Wildman–Crippen LogP) is 0.303. The van der Waals surface area contributed by atoms with Crippen molar-refractivity contribution in [3.63, 3.8) is 0 Å². The summed E-state index contributed by atoms with van der Waals surface area (Å²) < 4.78 is 4.92. The fourth-order valence-corrected chi connectivity index (χ4v) is 1.05. The summed E-state index contributed by atoms with van der Waals surface area (Å²) in [6, 6.07) is -0.285. The molecule has 2 N–H and O–H groups in total. The Hall–Kier alpha value is -1.56. The van der Waals surface area contributed by atoms with Crippen LogP contribution in [0.25, 0.3) is 0 Å². The Bertz CT molecular complexity index is 255. The molecule has 0 aliphatic carbocycles. The summed E-state index contributed by atoms with van der Waals surface area (Å²) >= 11 is 0. The lowest BCUT2D eigenvalue weighted by Gasteiger charge is -2.18. The molecule has 0 aliphatic rings. The van der Waals surface area contributed by atoms with Gasteiger partial charge in [0.15, 0.2) is 0 Å². The number of ether oxygens (including phenoxy) is 1. The van der Waals surface area contributed by atoms with Crippen LogP contribution < -0.4 is 5.32 Å². The van der Waals surface area contributed by atoms with Crippen molar-refractivity contribution in [1.82, 2.24) is 10.2 Å². The highest BCUT2D eigenvalue weighted by Gasteiger charge is 2.14. The number of aliphatic carboxylic acids is 1. The number of urea groups is 1. The number of nitrogens with one attached hydrogen (secondary N) is 1. The molecule has 0 radical (unpaired) electrons. The van der Waals surface area contributed by atoms with Crippen molar-refractivity contribution >= 4 is 12.0 Å². The molecule has 6 nitrogen and oxygen atoms in total. The number of carboxylic acid groups (broad SMARTS) is 1. The maximum absolute atomic E-state index is 11.4. The molecule has 92 valence electrons. The lowest BCUT2D eigenvalue weighted by molar-refractivity contribution is -0.139. The summed E-state index contributed by atoms with van der Waals surface area (Å²) in [5, 5.41) is 11.1. The van der Waals surface area contributed by atoms with Gasteiger partial charge in [-0.1, -0.05) is 6.08 Å². The van der Waals surface area contributed by atoms with Crippen molar-refractivity contribution in [1.29, 1.82) is 0 Å². The third-order valence-corrected chi connectivity index (χ3v) is 1.97. The molecule has 0 saturated carbocycles. The first-order chi connectivity index (χ1) is 7.51. The first kappa shape index (κ1) is 14.4. The molecule has 0 fully saturated rings. The zero-order valence-corrected chi connectivity index (χ0v) is 9.60. The van der Waals surface area contributed by atoms with Crippen molar-refractivity contribution in [2.75, 3.05) is 27.2 Å². The van der Waals surface area contributed by atoms with Crippen molar-refractivity contribution in [2.24, 2.45) is 0 Å². The second-order valence-electron chi connectivity index (χ2n) is 3.31. The van der Waals surface area contributed by atoms with Crippen LogP contribution in [0.15, 0.2) is 12.7 Å². The molecule has 0 bridgehead atoms. The van der Waals surface area contributed by atoms with Crippen LogP contribution in [0.2, 0.25) is 0 Å². The molecule has 0 saturated heterocycles. The SMILES string of the molecule is C=CCN(C)C(=O)NCC(CC(=O)O)OC. The van der Waals surface area contributed by atoms with Gasteiger partial charge in [-0.2, -0.15) is 0 Å². The van der Waals surface area contributed by atoms with Crippen LogP contribution in [0.4, 0.5) is 4.79 Å². The maximum atomic E-state index is 11.4. The maximum Gasteiger partial charge on any atom is 0.317 e. The Morgan fingerprint density at radius 1 is 1.62 bits per heavy atom. The average Bonchev–Trinajstić information content (AvgIpc) is 2.23. The molecule has 1 atom stereocenters. The van der Waals surface area contributed by atoms with E-state index in [-0.39, 0.29) is 19.0 Å². The molecule has 0 spiro atoms. The number of carbonyl (C=O) groups is 2. The Morgan fingerprint density at radius 3 is 2.69 bits per heavy atom. The Kier molecular flexibility index (Phi) is 6.95. The Balaban J connectivity index is 3.96. The van der Waals surface area contributed by atoms with Crippen LogP contribution in [-0.2, 0) is 9.53 Å². The second kappa shape index (κ2) is 7.70. The Labute approximate surface area is 94.9 Å². The van der Waals surface area contributed by atoms with Crippen molar-refractivity contribution in [3.8, 4) is 0 Å². The number of hydrogen-bond acceptors (Lipinski definition) is 3. The number of hydrogen-bond donors (Lipinski definition) is 2. The molecule has 0 aromatic rings. The minimum atomic E-state index is -0.958. The number of carboxylic acids is 1. The highest BCUT2D eigenvalue weighted by atomic mass is 16.5. The van der Waals surface area contributed by atoms with Gasteiger partial charge in [-0.15, -0.1) is 6.58 Å². The predicted molar refractivity (Wildman–Crippen MR) is 59.3 cm³/mol. The molecule has 0 rings (SSSR count). The Morgan fingerprint density at radius 2 is 2.25 bits per heavy atom. The minimum Gasteiger partial charge on any atom is -0.481 e. The van der Waals surface area contributed by atoms with Gasteiger partial charge in [0, 0.05) is 27.2 Å². The molecule has 2 amide bonds. The summed E-state index contributed by atoms with van der Waals surface area (Å²) in [6.45, 7) is 4.11. The highest BCUT2D eigenvalue weighted by molar-refractivity contribution is 5.74. The lowest BCUT2D eigenvalue weighted by Crippen LogP contribution is -2.41. The van der Waals surface area contributed by atoms with Gasteiger partial charge >= 0.3 is 12.0 Å². The molecule has 16 heavy (non-hydrogen) atoms. The van der Waals surface area contributed by atoms with Crippen LogP contribution in [0.3, 0.4) is 0 Å². The summed E-state index contributed by atoms with van der Waals surface area (Å²) in [4.78, 5) is 23.3. The van der Waals surface area contributed by atoms with Crippen molar-refractivity contribution < 1.29 is 19.4 Å². The van der Waals surface area contributed by atoms with E-state index < -0.39 is 12.1 Å². The van der Waals surface area contributed by atoms with E-state index in [1.165, 1.54) is 12.0 Å². The highest BCUT2D eigenvalue weighted by Crippen LogP contribution is 1.96. The molecule has 0 aromatic heterocycles. The fraction of sp³-hybridized carbons (Fsp3) is 0.600. The van der Waals surface area contributed by atoms with Crippen LogP contribution >= 0.6 is 0 Å². The normalized spacial score (nSPS) is 11.6. The second-order valence-corrected chi connectivity index (χ2v) is 3.31. The number of amides is 2. The van der Waals surface area contributed by atoms with E-state index in [1.807, 2.05) is 0 Å². The summed E-state index contributed by atoms with van der Waals surface area (Å²) in [5.41, 5.74) is 0. The summed E-state index contributed by atoms with van der Waals surface area (Å²) in [7, 11) is 3.03. The molecule has 6 heteroatoms. The van der Waals surface area contributed by atoms with E-state index in [2.05, 4.69) is 11.9 Å². The molecule has 0 aliphatic heterocycles. The van der Waals surface area contributed by atoms with E-state index in [0.717, 1.165) is 0 Å². The van der Waals surface area contributed by atoms with Gasteiger partial charge < -0.3 is 20.1 Å². The molecule has 0 heterocycles. The van der Waals surface area contributed by atoms with E-state index in [4.69, 9.17) is 9.84 Å². The van der Waals surface area contributed by atoms with Crippen molar-refractivity contribution in [3.05, 3.63) is 12.7 Å². The largest absolute Gasteiger partial charge is 0.481 e. The number of rotatable bonds is 7. The first-order valence-corrected chi connectivity index (χ1v) is 4.85. The van der Waals surface area contributed by atoms with E-state index in [9.17, 15) is 9.59 Å². The minimum absolute atomic E-state index is 0.137. The number of likely N-dealkylation sites (N-methyl/N-ethyl adjacent to an activating group) is 1. The van der Waals surface area contributed by atoms with E-state index in [0.29, 0.717) is 6.54 Å². The zero-order chi connectivity index (χ0) is 12.6.